The van der Waals surface area contributed by atoms with Crippen LogP contribution in [0.25, 0.3) is 10.9 Å². The van der Waals surface area contributed by atoms with Crippen molar-refractivity contribution in [1.29, 1.82) is 0 Å². The number of nitrogens with one attached hydrogen (secondary N) is 1. The number of benzene rings is 2. The topological polar surface area (TPSA) is 67.5 Å². The number of methoxy groups -OCH3 is 2. The molecule has 3 aromatic rings. The average molecular weight is 400 g/mol. The largest absolute Gasteiger partial charge is 0.497 e. The van der Waals surface area contributed by atoms with E-state index in [1.807, 2.05) is 18.2 Å². The second-order valence-electron chi connectivity index (χ2n) is 6.91. The van der Waals surface area contributed by atoms with Crippen molar-refractivity contribution in [2.45, 2.75) is 25.4 Å². The zero-order valence-corrected chi connectivity index (χ0v) is 16.6. The van der Waals surface area contributed by atoms with Crippen LogP contribution in [0.3, 0.4) is 0 Å². The van der Waals surface area contributed by atoms with Gasteiger partial charge in [-0.25, -0.2) is 4.98 Å². The highest BCUT2D eigenvalue weighted by atomic mass is 35.5. The first-order valence-electron chi connectivity index (χ1n) is 9.23. The Morgan fingerprint density at radius 1 is 1.21 bits per heavy atom. The van der Waals surface area contributed by atoms with E-state index in [1.165, 1.54) is 0 Å². The van der Waals surface area contributed by atoms with Crippen molar-refractivity contribution in [3.8, 4) is 11.5 Å². The van der Waals surface area contributed by atoms with Crippen LogP contribution in [0.4, 0.5) is 0 Å². The monoisotopic (exact) mass is 399 g/mol. The number of H-pyrrole nitrogens is 1. The first kappa shape index (κ1) is 18.8. The zero-order chi connectivity index (χ0) is 19.7. The Kier molecular flexibility index (Phi) is 5.24. The van der Waals surface area contributed by atoms with E-state index in [0.29, 0.717) is 28.3 Å². The summed E-state index contributed by atoms with van der Waals surface area (Å²) in [7, 11) is 3.34. The second-order valence-corrected chi connectivity index (χ2v) is 7.35. The lowest BCUT2D eigenvalue weighted by atomic mass is 10.0. The van der Waals surface area contributed by atoms with Crippen molar-refractivity contribution in [1.82, 2.24) is 14.9 Å². The third-order valence-corrected chi connectivity index (χ3v) is 5.47. The van der Waals surface area contributed by atoms with Crippen molar-refractivity contribution >= 4 is 22.5 Å². The predicted octanol–water partition coefficient (Wildman–Crippen LogP) is 3.93. The van der Waals surface area contributed by atoms with Crippen molar-refractivity contribution in [2.24, 2.45) is 0 Å². The van der Waals surface area contributed by atoms with Gasteiger partial charge in [0.05, 0.1) is 31.7 Å². The van der Waals surface area contributed by atoms with Crippen LogP contribution in [0.15, 0.2) is 41.2 Å². The van der Waals surface area contributed by atoms with E-state index in [2.05, 4.69) is 14.9 Å². The van der Waals surface area contributed by atoms with Crippen molar-refractivity contribution in [3.63, 3.8) is 0 Å². The number of fused-ring (bicyclic) bond motifs is 1. The van der Waals surface area contributed by atoms with Crippen LogP contribution in [-0.4, -0.2) is 35.6 Å². The molecule has 7 heteroatoms. The van der Waals surface area contributed by atoms with Crippen LogP contribution < -0.4 is 15.0 Å². The molecule has 0 radical (unpaired) electrons. The van der Waals surface area contributed by atoms with Crippen molar-refractivity contribution in [3.05, 3.63) is 63.2 Å². The molecular formula is C21H22ClN3O3. The lowest BCUT2D eigenvalue weighted by Gasteiger charge is -2.26. The minimum Gasteiger partial charge on any atom is -0.497 e. The van der Waals surface area contributed by atoms with Gasteiger partial charge in [-0.05, 0) is 55.8 Å². The van der Waals surface area contributed by atoms with Crippen molar-refractivity contribution in [2.75, 3.05) is 20.8 Å². The molecule has 2 aromatic carbocycles. The first-order valence-corrected chi connectivity index (χ1v) is 9.61. The fraction of sp³-hybridized carbons (Fsp3) is 0.333. The normalized spacial score (nSPS) is 17.2. The third-order valence-electron chi connectivity index (χ3n) is 5.23. The SMILES string of the molecule is COc1ccc(OC)c([C@H]2CCCN2Cc2nc3cc(Cl)ccc3c(=O)[nH]2)c1. The third kappa shape index (κ3) is 3.57. The maximum Gasteiger partial charge on any atom is 0.258 e. The molecule has 146 valence electrons. The Balaban J connectivity index is 1.67. The van der Waals surface area contributed by atoms with E-state index < -0.39 is 0 Å². The molecule has 0 saturated carbocycles. The van der Waals surface area contributed by atoms with Crippen LogP contribution in [0.1, 0.15) is 30.3 Å². The lowest BCUT2D eigenvalue weighted by Crippen LogP contribution is -2.26. The van der Waals surface area contributed by atoms with Gasteiger partial charge in [-0.3, -0.25) is 9.69 Å². The summed E-state index contributed by atoms with van der Waals surface area (Å²) >= 11 is 6.07. The van der Waals surface area contributed by atoms with E-state index in [4.69, 9.17) is 21.1 Å². The quantitative estimate of drug-likeness (QED) is 0.704. The fourth-order valence-electron chi connectivity index (χ4n) is 3.90. The molecule has 1 N–H and O–H groups in total. The fourth-order valence-corrected chi connectivity index (χ4v) is 4.06. The highest BCUT2D eigenvalue weighted by Crippen LogP contribution is 2.39. The van der Waals surface area contributed by atoms with E-state index in [-0.39, 0.29) is 11.6 Å². The summed E-state index contributed by atoms with van der Waals surface area (Å²) in [5.41, 5.74) is 1.55. The summed E-state index contributed by atoms with van der Waals surface area (Å²) in [4.78, 5) is 22.3. The summed E-state index contributed by atoms with van der Waals surface area (Å²) in [6.07, 6.45) is 2.07. The molecule has 1 saturated heterocycles. The van der Waals surface area contributed by atoms with Gasteiger partial charge in [0.2, 0.25) is 0 Å². The molecule has 1 atom stereocenters. The highest BCUT2D eigenvalue weighted by Gasteiger charge is 2.29. The second kappa shape index (κ2) is 7.81. The van der Waals surface area contributed by atoms with Gasteiger partial charge in [-0.1, -0.05) is 11.6 Å². The van der Waals surface area contributed by atoms with Gasteiger partial charge in [-0.15, -0.1) is 0 Å². The van der Waals surface area contributed by atoms with E-state index in [9.17, 15) is 4.79 Å². The number of likely N-dealkylation sites (tertiary alicyclic amines) is 1. The van der Waals surface area contributed by atoms with Crippen LogP contribution >= 0.6 is 11.6 Å². The lowest BCUT2D eigenvalue weighted by molar-refractivity contribution is 0.236. The van der Waals surface area contributed by atoms with Crippen LogP contribution in [0, 0.1) is 0 Å². The summed E-state index contributed by atoms with van der Waals surface area (Å²) in [6, 6.07) is 11.2. The van der Waals surface area contributed by atoms with Gasteiger partial charge in [0, 0.05) is 16.6 Å². The number of aromatic nitrogens is 2. The number of rotatable bonds is 5. The number of aromatic amines is 1. The molecule has 1 aliphatic rings. The van der Waals surface area contributed by atoms with E-state index >= 15 is 0 Å². The highest BCUT2D eigenvalue weighted by molar-refractivity contribution is 6.31. The van der Waals surface area contributed by atoms with E-state index in [1.54, 1.807) is 32.4 Å². The molecule has 0 aliphatic carbocycles. The zero-order valence-electron chi connectivity index (χ0n) is 15.9. The van der Waals surface area contributed by atoms with Crippen molar-refractivity contribution < 1.29 is 9.47 Å². The molecule has 1 fully saturated rings. The molecule has 0 amide bonds. The van der Waals surface area contributed by atoms with Gasteiger partial charge in [0.15, 0.2) is 0 Å². The Bertz CT molecular complexity index is 1070. The molecule has 6 nitrogen and oxygen atoms in total. The Hall–Kier alpha value is -2.57. The smallest absolute Gasteiger partial charge is 0.258 e. The minimum absolute atomic E-state index is 0.147. The maximum atomic E-state index is 12.4. The summed E-state index contributed by atoms with van der Waals surface area (Å²) in [5.74, 6) is 2.27. The Morgan fingerprint density at radius 2 is 2.07 bits per heavy atom. The molecular weight excluding hydrogens is 378 g/mol. The van der Waals surface area contributed by atoms with Gasteiger partial charge in [0.1, 0.15) is 17.3 Å². The van der Waals surface area contributed by atoms with Crippen LogP contribution in [-0.2, 0) is 6.54 Å². The van der Waals surface area contributed by atoms with Gasteiger partial charge >= 0.3 is 0 Å². The number of hydrogen-bond acceptors (Lipinski definition) is 5. The molecule has 0 bridgehead atoms. The standard InChI is InChI=1S/C21H22ClN3O3/c1-27-14-6-8-19(28-2)16(11-14)18-4-3-9-25(18)12-20-23-17-10-13(22)5-7-15(17)21(26)24-20/h5-8,10-11,18H,3-4,9,12H2,1-2H3,(H,23,24,26)/t18-/m1/s1. The number of halogens is 1. The average Bonchev–Trinajstić information content (AvgIpc) is 3.15. The minimum atomic E-state index is -0.147. The van der Waals surface area contributed by atoms with E-state index in [0.717, 1.165) is 36.4 Å². The number of hydrogen-bond donors (Lipinski definition) is 1. The molecule has 28 heavy (non-hydrogen) atoms. The summed E-state index contributed by atoms with van der Waals surface area (Å²) in [6.45, 7) is 1.46. The molecule has 0 unspecified atom stereocenters. The molecule has 2 heterocycles. The van der Waals surface area contributed by atoms with Gasteiger partial charge in [0.25, 0.3) is 5.56 Å². The predicted molar refractivity (Wildman–Crippen MR) is 109 cm³/mol. The maximum absolute atomic E-state index is 12.4. The number of nitrogens with zero attached hydrogens (tertiary/aromatic N) is 2. The Labute approximate surface area is 168 Å². The molecule has 4 rings (SSSR count). The molecule has 1 aliphatic heterocycles. The van der Waals surface area contributed by atoms with Gasteiger partial charge < -0.3 is 14.5 Å². The van der Waals surface area contributed by atoms with Crippen LogP contribution in [0.2, 0.25) is 5.02 Å². The Morgan fingerprint density at radius 3 is 2.86 bits per heavy atom. The summed E-state index contributed by atoms with van der Waals surface area (Å²) < 4.78 is 11.0. The van der Waals surface area contributed by atoms with Crippen LogP contribution in [0.5, 0.6) is 11.5 Å². The molecule has 0 spiro atoms. The molecule has 1 aromatic heterocycles. The first-order chi connectivity index (χ1) is 13.6. The van der Waals surface area contributed by atoms with Gasteiger partial charge in [-0.2, -0.15) is 0 Å². The summed E-state index contributed by atoms with van der Waals surface area (Å²) in [5, 5.41) is 1.11. The number of ether oxygens (including phenoxy) is 2.